The molecular formula is C17H10ClN3. The first-order valence-electron chi connectivity index (χ1n) is 6.59. The second kappa shape index (κ2) is 4.79. The minimum absolute atomic E-state index is 0.424. The fourth-order valence-electron chi connectivity index (χ4n) is 2.58. The number of rotatable bonds is 1. The second-order valence-electron chi connectivity index (χ2n) is 4.76. The third kappa shape index (κ3) is 1.94. The molecule has 2 aromatic carbocycles. The number of hydrogen-bond acceptors (Lipinski definition) is 3. The Balaban J connectivity index is 2.13. The Morgan fingerprint density at radius 1 is 0.714 bits per heavy atom. The van der Waals surface area contributed by atoms with Gasteiger partial charge in [-0.3, -0.25) is 4.98 Å². The molecule has 2 heterocycles. The average Bonchev–Trinajstić information content (AvgIpc) is 2.55. The first kappa shape index (κ1) is 12.2. The monoisotopic (exact) mass is 291 g/mol. The smallest absolute Gasteiger partial charge is 0.159 e. The van der Waals surface area contributed by atoms with Crippen LogP contribution in [-0.4, -0.2) is 15.2 Å². The van der Waals surface area contributed by atoms with E-state index in [9.17, 15) is 0 Å². The van der Waals surface area contributed by atoms with Crippen LogP contribution in [0.4, 0.5) is 0 Å². The van der Waals surface area contributed by atoms with Gasteiger partial charge in [0.05, 0.1) is 5.52 Å². The lowest BCUT2D eigenvalue weighted by atomic mass is 10.0. The number of nitrogens with zero attached hydrogens (tertiary/aromatic N) is 3. The fraction of sp³-hybridized carbons (Fsp3) is 0. The summed E-state index contributed by atoms with van der Waals surface area (Å²) >= 11 is 6.15. The summed E-state index contributed by atoms with van der Waals surface area (Å²) in [4.78, 5) is 4.39. The molecule has 100 valence electrons. The standard InChI is InChI=1S/C17H10ClN3/c18-17-14-6-2-1-5-13(14)16(20-21-17)12-7-3-9-15-11(12)8-4-10-19-15/h1-10H. The molecule has 2 aromatic heterocycles. The quantitative estimate of drug-likeness (QED) is 0.518. The summed E-state index contributed by atoms with van der Waals surface area (Å²) in [6.07, 6.45) is 1.79. The van der Waals surface area contributed by atoms with Crippen molar-refractivity contribution in [3.8, 4) is 11.3 Å². The molecule has 3 nitrogen and oxygen atoms in total. The van der Waals surface area contributed by atoms with Gasteiger partial charge >= 0.3 is 0 Å². The highest BCUT2D eigenvalue weighted by atomic mass is 35.5. The van der Waals surface area contributed by atoms with Crippen LogP contribution in [-0.2, 0) is 0 Å². The zero-order chi connectivity index (χ0) is 14.2. The van der Waals surface area contributed by atoms with E-state index in [1.54, 1.807) is 6.20 Å². The molecule has 0 atom stereocenters. The molecule has 4 rings (SSSR count). The van der Waals surface area contributed by atoms with Crippen molar-refractivity contribution >= 4 is 33.3 Å². The molecule has 4 heteroatoms. The van der Waals surface area contributed by atoms with Crippen LogP contribution in [0.1, 0.15) is 0 Å². The molecule has 0 saturated heterocycles. The number of pyridine rings is 1. The molecular weight excluding hydrogens is 282 g/mol. The first-order chi connectivity index (χ1) is 10.3. The molecule has 0 saturated carbocycles. The number of halogens is 1. The van der Waals surface area contributed by atoms with Crippen molar-refractivity contribution in [2.45, 2.75) is 0 Å². The molecule has 0 aliphatic carbocycles. The summed E-state index contributed by atoms with van der Waals surface area (Å²) in [7, 11) is 0. The van der Waals surface area contributed by atoms with Crippen molar-refractivity contribution in [3.63, 3.8) is 0 Å². The van der Waals surface area contributed by atoms with Gasteiger partial charge in [-0.2, -0.15) is 0 Å². The van der Waals surface area contributed by atoms with Crippen LogP contribution in [0.2, 0.25) is 5.15 Å². The third-order valence-corrected chi connectivity index (χ3v) is 3.82. The van der Waals surface area contributed by atoms with Crippen molar-refractivity contribution in [1.82, 2.24) is 15.2 Å². The Morgan fingerprint density at radius 3 is 2.43 bits per heavy atom. The molecule has 0 radical (unpaired) electrons. The van der Waals surface area contributed by atoms with E-state index in [1.807, 2.05) is 54.6 Å². The average molecular weight is 292 g/mol. The van der Waals surface area contributed by atoms with E-state index >= 15 is 0 Å². The van der Waals surface area contributed by atoms with Crippen molar-refractivity contribution in [2.24, 2.45) is 0 Å². The van der Waals surface area contributed by atoms with E-state index in [2.05, 4.69) is 15.2 Å². The molecule has 0 aliphatic rings. The van der Waals surface area contributed by atoms with E-state index in [0.717, 1.165) is 32.9 Å². The number of benzene rings is 2. The highest BCUT2D eigenvalue weighted by molar-refractivity contribution is 6.34. The lowest BCUT2D eigenvalue weighted by molar-refractivity contribution is 1.06. The van der Waals surface area contributed by atoms with Gasteiger partial charge < -0.3 is 0 Å². The lowest BCUT2D eigenvalue weighted by Crippen LogP contribution is -1.92. The van der Waals surface area contributed by atoms with Gasteiger partial charge in [0.1, 0.15) is 5.69 Å². The fourth-order valence-corrected chi connectivity index (χ4v) is 2.78. The van der Waals surface area contributed by atoms with Gasteiger partial charge in [-0.05, 0) is 12.1 Å². The first-order valence-corrected chi connectivity index (χ1v) is 6.97. The molecule has 0 N–H and O–H groups in total. The van der Waals surface area contributed by atoms with Crippen LogP contribution in [0, 0.1) is 0 Å². The Kier molecular flexibility index (Phi) is 2.79. The zero-order valence-corrected chi connectivity index (χ0v) is 11.7. The molecule has 0 fully saturated rings. The van der Waals surface area contributed by atoms with Crippen molar-refractivity contribution in [1.29, 1.82) is 0 Å². The van der Waals surface area contributed by atoms with E-state index in [0.29, 0.717) is 5.15 Å². The SMILES string of the molecule is Clc1nnc(-c2cccc3ncccc23)c2ccccc12. The predicted octanol–water partition coefficient (Wildman–Crippen LogP) is 4.50. The number of fused-ring (bicyclic) bond motifs is 2. The molecule has 21 heavy (non-hydrogen) atoms. The lowest BCUT2D eigenvalue weighted by Gasteiger charge is -2.08. The molecule has 4 aromatic rings. The van der Waals surface area contributed by atoms with Gasteiger partial charge in [0.25, 0.3) is 0 Å². The normalized spacial score (nSPS) is 11.1. The molecule has 0 amide bonds. The van der Waals surface area contributed by atoms with Crippen molar-refractivity contribution < 1.29 is 0 Å². The maximum Gasteiger partial charge on any atom is 0.159 e. The van der Waals surface area contributed by atoms with Gasteiger partial charge in [0.15, 0.2) is 5.15 Å². The Morgan fingerprint density at radius 2 is 1.52 bits per heavy atom. The van der Waals surface area contributed by atoms with Crippen LogP contribution in [0.3, 0.4) is 0 Å². The number of hydrogen-bond donors (Lipinski definition) is 0. The summed E-state index contributed by atoms with van der Waals surface area (Å²) in [6.45, 7) is 0. The van der Waals surface area contributed by atoms with E-state index in [1.165, 1.54) is 0 Å². The summed E-state index contributed by atoms with van der Waals surface area (Å²) < 4.78 is 0. The second-order valence-corrected chi connectivity index (χ2v) is 5.12. The van der Waals surface area contributed by atoms with Crippen LogP contribution < -0.4 is 0 Å². The third-order valence-electron chi connectivity index (χ3n) is 3.54. The van der Waals surface area contributed by atoms with Crippen LogP contribution in [0.5, 0.6) is 0 Å². The maximum absolute atomic E-state index is 6.15. The van der Waals surface area contributed by atoms with Gasteiger partial charge in [-0.1, -0.05) is 54.1 Å². The summed E-state index contributed by atoms with van der Waals surface area (Å²) in [5.74, 6) is 0. The van der Waals surface area contributed by atoms with Gasteiger partial charge in [0.2, 0.25) is 0 Å². The molecule has 0 bridgehead atoms. The Bertz CT molecular complexity index is 961. The zero-order valence-electron chi connectivity index (χ0n) is 11.0. The van der Waals surface area contributed by atoms with E-state index in [4.69, 9.17) is 11.6 Å². The van der Waals surface area contributed by atoms with Gasteiger partial charge in [0, 0.05) is 27.9 Å². The minimum Gasteiger partial charge on any atom is -0.256 e. The molecule has 0 unspecified atom stereocenters. The molecule has 0 aliphatic heterocycles. The summed E-state index contributed by atoms with van der Waals surface area (Å²) in [5.41, 5.74) is 2.78. The summed E-state index contributed by atoms with van der Waals surface area (Å²) in [5, 5.41) is 11.8. The number of aromatic nitrogens is 3. The highest BCUT2D eigenvalue weighted by Crippen LogP contribution is 2.32. The van der Waals surface area contributed by atoms with Crippen LogP contribution >= 0.6 is 11.6 Å². The summed E-state index contributed by atoms with van der Waals surface area (Å²) in [6, 6.07) is 17.9. The largest absolute Gasteiger partial charge is 0.256 e. The highest BCUT2D eigenvalue weighted by Gasteiger charge is 2.12. The van der Waals surface area contributed by atoms with E-state index in [-0.39, 0.29) is 0 Å². The van der Waals surface area contributed by atoms with Crippen LogP contribution in [0.15, 0.2) is 60.8 Å². The molecule has 0 spiro atoms. The van der Waals surface area contributed by atoms with Crippen molar-refractivity contribution in [2.75, 3.05) is 0 Å². The van der Waals surface area contributed by atoms with Crippen LogP contribution in [0.25, 0.3) is 32.9 Å². The van der Waals surface area contributed by atoms with Gasteiger partial charge in [-0.25, -0.2) is 0 Å². The van der Waals surface area contributed by atoms with Gasteiger partial charge in [-0.15, -0.1) is 10.2 Å². The van der Waals surface area contributed by atoms with Crippen molar-refractivity contribution in [3.05, 3.63) is 65.9 Å². The Hall–Kier alpha value is -2.52. The predicted molar refractivity (Wildman–Crippen MR) is 85.3 cm³/mol. The maximum atomic E-state index is 6.15. The van der Waals surface area contributed by atoms with E-state index < -0.39 is 0 Å². The minimum atomic E-state index is 0.424. The Labute approximate surface area is 126 Å². The topological polar surface area (TPSA) is 38.7 Å².